The number of unbranched alkanes of at least 4 members (excludes halogenated alkanes) is 14. The Balaban J connectivity index is 1.85. The molecule has 0 amide bonds. The van der Waals surface area contributed by atoms with Gasteiger partial charge >= 0.3 is 159 Å². The van der Waals surface area contributed by atoms with Crippen molar-refractivity contribution in [2.75, 3.05) is 52.9 Å². The summed E-state index contributed by atoms with van der Waals surface area (Å²) in [6, 6.07) is 0. The Kier molecular flexibility index (Phi) is 27.2. The number of ether oxygens (including phenoxy) is 4. The van der Waals surface area contributed by atoms with E-state index in [9.17, 15) is 0 Å². The second-order valence-corrected chi connectivity index (χ2v) is 11.9. The van der Waals surface area contributed by atoms with E-state index in [2.05, 4.69) is 23.7 Å². The Hall–Kier alpha value is -0.161. The first kappa shape index (κ1) is 34.9. The Morgan fingerprint density at radius 3 is 1.11 bits per heavy atom. The molecule has 0 N–H and O–H groups in total. The molecular weight excluding hydrogens is 527 g/mol. The minimum absolute atomic E-state index is 0.503. The second kappa shape index (κ2) is 28.8. The fourth-order valence-electron chi connectivity index (χ4n) is 4.47. The topological polar surface area (TPSA) is 36.9 Å². The first-order valence-corrected chi connectivity index (χ1v) is 17.7. The third-order valence-electron chi connectivity index (χ3n) is 6.89. The van der Waals surface area contributed by atoms with Crippen molar-refractivity contribution in [3.05, 3.63) is 21.0 Å². The van der Waals surface area contributed by atoms with E-state index in [1.807, 2.05) is 0 Å². The molecule has 0 aliphatic heterocycles. The molecule has 5 heteroatoms. The molecule has 1 heterocycles. The van der Waals surface area contributed by atoms with Crippen molar-refractivity contribution in [2.45, 2.75) is 129 Å². The minimum Gasteiger partial charge on any atom is -0.0654 e. The van der Waals surface area contributed by atoms with Gasteiger partial charge < -0.3 is 0 Å². The van der Waals surface area contributed by atoms with Gasteiger partial charge in [0.2, 0.25) is 0 Å². The van der Waals surface area contributed by atoms with Crippen molar-refractivity contribution in [1.82, 2.24) is 0 Å². The summed E-state index contributed by atoms with van der Waals surface area (Å²) in [6.45, 7) is 10.7. The molecule has 218 valence electrons. The summed E-state index contributed by atoms with van der Waals surface area (Å²) in [6.07, 6.45) is 23.5. The molecule has 37 heavy (non-hydrogen) atoms. The molecule has 0 aromatic carbocycles. The average molecular weight is 588 g/mol. The van der Waals surface area contributed by atoms with Crippen molar-refractivity contribution in [2.24, 2.45) is 0 Å². The van der Waals surface area contributed by atoms with Crippen LogP contribution < -0.4 is 0 Å². The van der Waals surface area contributed by atoms with Crippen LogP contribution in [0.3, 0.4) is 0 Å². The summed E-state index contributed by atoms with van der Waals surface area (Å²) in [5.74, 6) is 0. The van der Waals surface area contributed by atoms with Gasteiger partial charge in [-0.3, -0.25) is 0 Å². The van der Waals surface area contributed by atoms with Gasteiger partial charge in [0, 0.05) is 0 Å². The molecule has 1 rings (SSSR count). The zero-order valence-corrected chi connectivity index (χ0v) is 26.3. The molecule has 0 saturated carbocycles. The second-order valence-electron chi connectivity index (χ2n) is 10.3. The molecule has 0 radical (unpaired) electrons. The molecule has 4 nitrogen and oxygen atoms in total. The fraction of sp³-hybridized carbons (Fsp3) is 0.875. The van der Waals surface area contributed by atoms with Crippen LogP contribution in [0.5, 0.6) is 0 Å². The van der Waals surface area contributed by atoms with E-state index in [1.165, 1.54) is 114 Å². The van der Waals surface area contributed by atoms with Gasteiger partial charge in [-0.15, -0.1) is 0 Å². The van der Waals surface area contributed by atoms with E-state index in [0.29, 0.717) is 27.7 Å². The Morgan fingerprint density at radius 2 is 0.730 bits per heavy atom. The van der Waals surface area contributed by atoms with Gasteiger partial charge in [0.1, 0.15) is 0 Å². The number of hydrogen-bond acceptors (Lipinski definition) is 4. The van der Waals surface area contributed by atoms with Crippen LogP contribution in [0.2, 0.25) is 0 Å². The van der Waals surface area contributed by atoms with E-state index in [-0.39, 0.29) is 0 Å². The van der Waals surface area contributed by atoms with E-state index < -0.39 is 0 Å². The standard InChI is InChI=1S/C32H60O4Se/c1-3-5-7-9-11-13-15-17-21-33-25-27-35-23-19-31-29-37-30-32(31)20-24-36-28-26-34-22-18-16-14-12-10-8-6-4-2/h29-30H,3-28H2,1-2H3. The fourth-order valence-corrected chi connectivity index (χ4v) is 6.43. The van der Waals surface area contributed by atoms with Crippen LogP contribution in [-0.4, -0.2) is 67.4 Å². The number of rotatable bonds is 30. The van der Waals surface area contributed by atoms with Gasteiger partial charge in [-0.05, 0) is 0 Å². The van der Waals surface area contributed by atoms with Crippen LogP contribution in [0, 0.1) is 0 Å². The normalized spacial score (nSPS) is 11.5. The van der Waals surface area contributed by atoms with Gasteiger partial charge in [0.05, 0.1) is 0 Å². The van der Waals surface area contributed by atoms with Crippen LogP contribution in [0.4, 0.5) is 0 Å². The third-order valence-corrected chi connectivity index (χ3v) is 8.66. The number of hydrogen-bond donors (Lipinski definition) is 0. The zero-order chi connectivity index (χ0) is 26.5. The Morgan fingerprint density at radius 1 is 0.405 bits per heavy atom. The first-order chi connectivity index (χ1) is 18.4. The van der Waals surface area contributed by atoms with Crippen molar-refractivity contribution >= 4 is 14.5 Å². The molecule has 1 aromatic rings. The summed E-state index contributed by atoms with van der Waals surface area (Å²) < 4.78 is 23.1. The van der Waals surface area contributed by atoms with Gasteiger partial charge in [-0.1, -0.05) is 78.1 Å². The van der Waals surface area contributed by atoms with Crippen LogP contribution in [0.15, 0.2) is 9.88 Å². The summed E-state index contributed by atoms with van der Waals surface area (Å²) in [5.41, 5.74) is 2.93. The molecule has 0 saturated heterocycles. The van der Waals surface area contributed by atoms with Crippen molar-refractivity contribution in [1.29, 1.82) is 0 Å². The Bertz CT molecular complexity index is 516. The third kappa shape index (κ3) is 23.4. The monoisotopic (exact) mass is 588 g/mol. The maximum atomic E-state index is 5.82. The molecule has 0 spiro atoms. The van der Waals surface area contributed by atoms with E-state index in [4.69, 9.17) is 18.9 Å². The van der Waals surface area contributed by atoms with E-state index >= 15 is 0 Å². The Labute approximate surface area is 236 Å². The quantitative estimate of drug-likeness (QED) is 0.0672. The molecule has 0 bridgehead atoms. The molecule has 0 atom stereocenters. The summed E-state index contributed by atoms with van der Waals surface area (Å²) in [5, 5.41) is 0. The van der Waals surface area contributed by atoms with Crippen molar-refractivity contribution in [3.8, 4) is 0 Å². The average Bonchev–Trinajstić information content (AvgIpc) is 3.36. The maximum absolute atomic E-state index is 5.82. The predicted octanol–water partition coefficient (Wildman–Crippen LogP) is 8.18. The van der Waals surface area contributed by atoms with Crippen molar-refractivity contribution < 1.29 is 18.9 Å². The molecular formula is C32H60O4Se. The van der Waals surface area contributed by atoms with E-state index in [0.717, 1.165) is 52.5 Å². The first-order valence-electron chi connectivity index (χ1n) is 15.7. The van der Waals surface area contributed by atoms with Gasteiger partial charge in [0.25, 0.3) is 0 Å². The zero-order valence-electron chi connectivity index (χ0n) is 24.6. The van der Waals surface area contributed by atoms with Gasteiger partial charge in [0.15, 0.2) is 0 Å². The van der Waals surface area contributed by atoms with Crippen molar-refractivity contribution in [3.63, 3.8) is 0 Å². The smallest absolute Gasteiger partial charge is 0.0654 e. The van der Waals surface area contributed by atoms with Gasteiger partial charge in [-0.2, -0.15) is 0 Å². The van der Waals surface area contributed by atoms with Crippen LogP contribution in [0.1, 0.15) is 128 Å². The molecule has 1 aromatic heterocycles. The molecule has 0 aliphatic carbocycles. The molecule has 0 aliphatic rings. The summed E-state index contributed by atoms with van der Waals surface area (Å²) in [7, 11) is 0. The summed E-state index contributed by atoms with van der Waals surface area (Å²) in [4.78, 5) is 4.80. The van der Waals surface area contributed by atoms with Crippen LogP contribution in [0.25, 0.3) is 0 Å². The van der Waals surface area contributed by atoms with Gasteiger partial charge in [-0.25, -0.2) is 0 Å². The SMILES string of the molecule is CCCCCCCCCCOCCOCCc1c[se]cc1CCOCCOCCCCCCCCCC. The summed E-state index contributed by atoms with van der Waals surface area (Å²) >= 11 is 0.503. The minimum atomic E-state index is 0.503. The van der Waals surface area contributed by atoms with E-state index in [1.54, 1.807) is 0 Å². The van der Waals surface area contributed by atoms with Crippen LogP contribution >= 0.6 is 0 Å². The van der Waals surface area contributed by atoms with Crippen LogP contribution in [-0.2, 0) is 31.8 Å². The molecule has 0 fully saturated rings. The molecule has 0 unspecified atom stereocenters. The predicted molar refractivity (Wildman–Crippen MR) is 159 cm³/mol.